The molecular formula is C17H18N4O2. The molecule has 2 N–H and O–H groups in total. The van der Waals surface area contributed by atoms with Crippen LogP contribution in [0.4, 0.5) is 0 Å². The van der Waals surface area contributed by atoms with Gasteiger partial charge in [-0.15, -0.1) is 0 Å². The Morgan fingerprint density at radius 3 is 2.83 bits per heavy atom. The van der Waals surface area contributed by atoms with Gasteiger partial charge in [0.1, 0.15) is 11.3 Å². The molecule has 6 nitrogen and oxygen atoms in total. The van der Waals surface area contributed by atoms with Crippen LogP contribution in [-0.2, 0) is 6.54 Å². The van der Waals surface area contributed by atoms with Gasteiger partial charge in [-0.05, 0) is 50.1 Å². The van der Waals surface area contributed by atoms with E-state index in [1.54, 1.807) is 10.6 Å². The summed E-state index contributed by atoms with van der Waals surface area (Å²) >= 11 is 0. The number of fused-ring (bicyclic) bond motifs is 1. The number of pyridine rings is 2. The zero-order valence-electron chi connectivity index (χ0n) is 13.3. The fourth-order valence-electron chi connectivity index (χ4n) is 2.55. The quantitative estimate of drug-likeness (QED) is 0.775. The number of hydrogen-bond donors (Lipinski definition) is 2. The largest absolute Gasteiger partial charge is 0.346 e. The number of H-pyrrole nitrogens is 1. The van der Waals surface area contributed by atoms with Gasteiger partial charge in [0.15, 0.2) is 0 Å². The Balaban J connectivity index is 1.80. The van der Waals surface area contributed by atoms with Gasteiger partial charge in [0.2, 0.25) is 0 Å². The van der Waals surface area contributed by atoms with Crippen molar-refractivity contribution < 1.29 is 4.79 Å². The molecule has 1 amide bonds. The predicted octanol–water partition coefficient (Wildman–Crippen LogP) is 1.88. The summed E-state index contributed by atoms with van der Waals surface area (Å²) in [6.07, 6.45) is 3.54. The molecule has 0 unspecified atom stereocenters. The Morgan fingerprint density at radius 1 is 1.30 bits per heavy atom. The van der Waals surface area contributed by atoms with Crippen molar-refractivity contribution in [3.63, 3.8) is 0 Å². The van der Waals surface area contributed by atoms with Crippen molar-refractivity contribution in [3.05, 3.63) is 69.0 Å². The highest BCUT2D eigenvalue weighted by Gasteiger charge is 2.12. The highest BCUT2D eigenvalue weighted by atomic mass is 16.2. The summed E-state index contributed by atoms with van der Waals surface area (Å²) in [5.74, 6) is -0.300. The van der Waals surface area contributed by atoms with Crippen LogP contribution in [0.25, 0.3) is 5.65 Å². The molecule has 0 spiro atoms. The molecule has 0 aromatic carbocycles. The third kappa shape index (κ3) is 3.01. The second-order valence-corrected chi connectivity index (χ2v) is 5.72. The minimum atomic E-state index is -0.300. The van der Waals surface area contributed by atoms with Crippen LogP contribution in [0.2, 0.25) is 0 Å². The number of hydrogen-bond acceptors (Lipinski definition) is 3. The van der Waals surface area contributed by atoms with Gasteiger partial charge in [0, 0.05) is 30.2 Å². The third-order valence-corrected chi connectivity index (χ3v) is 3.77. The van der Waals surface area contributed by atoms with Crippen molar-refractivity contribution in [3.8, 4) is 0 Å². The van der Waals surface area contributed by atoms with E-state index in [0.29, 0.717) is 11.3 Å². The molecular weight excluding hydrogens is 292 g/mol. The van der Waals surface area contributed by atoms with Crippen LogP contribution >= 0.6 is 0 Å². The first-order chi connectivity index (χ1) is 10.9. The van der Waals surface area contributed by atoms with Crippen molar-refractivity contribution in [2.45, 2.75) is 27.3 Å². The van der Waals surface area contributed by atoms with E-state index in [0.717, 1.165) is 22.5 Å². The number of aromatic nitrogens is 3. The highest BCUT2D eigenvalue weighted by Crippen LogP contribution is 2.08. The van der Waals surface area contributed by atoms with E-state index in [2.05, 4.69) is 15.3 Å². The van der Waals surface area contributed by atoms with E-state index in [9.17, 15) is 9.59 Å². The van der Waals surface area contributed by atoms with Crippen LogP contribution in [0, 0.1) is 20.8 Å². The van der Waals surface area contributed by atoms with Gasteiger partial charge in [-0.25, -0.2) is 4.98 Å². The molecule has 23 heavy (non-hydrogen) atoms. The van der Waals surface area contributed by atoms with E-state index in [4.69, 9.17) is 0 Å². The van der Waals surface area contributed by atoms with E-state index < -0.39 is 0 Å². The van der Waals surface area contributed by atoms with Gasteiger partial charge in [-0.1, -0.05) is 0 Å². The molecule has 0 fully saturated rings. The summed E-state index contributed by atoms with van der Waals surface area (Å²) in [5, 5.41) is 2.76. The monoisotopic (exact) mass is 310 g/mol. The molecule has 118 valence electrons. The minimum absolute atomic E-state index is 0.173. The van der Waals surface area contributed by atoms with Gasteiger partial charge >= 0.3 is 0 Å². The van der Waals surface area contributed by atoms with E-state index in [1.807, 2.05) is 45.2 Å². The van der Waals surface area contributed by atoms with Crippen LogP contribution in [0.1, 0.15) is 32.9 Å². The van der Waals surface area contributed by atoms with Crippen LogP contribution in [-0.4, -0.2) is 20.3 Å². The molecule has 6 heteroatoms. The van der Waals surface area contributed by atoms with E-state index >= 15 is 0 Å². The zero-order valence-corrected chi connectivity index (χ0v) is 13.3. The van der Waals surface area contributed by atoms with Gasteiger partial charge in [0.05, 0.1) is 0 Å². The summed E-state index contributed by atoms with van der Waals surface area (Å²) in [5.41, 5.74) is 4.18. The van der Waals surface area contributed by atoms with Crippen LogP contribution in [0.15, 0.2) is 35.4 Å². The number of rotatable bonds is 3. The molecule has 0 radical (unpaired) electrons. The fraction of sp³-hybridized carbons (Fsp3) is 0.235. The van der Waals surface area contributed by atoms with Gasteiger partial charge in [0.25, 0.3) is 11.5 Å². The predicted molar refractivity (Wildman–Crippen MR) is 87.6 cm³/mol. The van der Waals surface area contributed by atoms with Crippen molar-refractivity contribution in [2.75, 3.05) is 0 Å². The van der Waals surface area contributed by atoms with E-state index in [1.165, 1.54) is 0 Å². The molecule has 0 saturated heterocycles. The van der Waals surface area contributed by atoms with Gasteiger partial charge in [-0.3, -0.25) is 9.59 Å². The van der Waals surface area contributed by atoms with Crippen molar-refractivity contribution in [1.82, 2.24) is 19.7 Å². The van der Waals surface area contributed by atoms with Gasteiger partial charge in [-0.2, -0.15) is 0 Å². The lowest BCUT2D eigenvalue weighted by atomic mass is 10.1. The Morgan fingerprint density at radius 2 is 2.09 bits per heavy atom. The molecule has 3 aromatic heterocycles. The molecule has 3 aromatic rings. The lowest BCUT2D eigenvalue weighted by molar-refractivity contribution is 0.0946. The number of imidazole rings is 1. The third-order valence-electron chi connectivity index (χ3n) is 3.77. The SMILES string of the molecule is Cc1ccn2cc(C(=O)NCc3c(C)cc(C)[nH]c3=O)nc2c1. The zero-order chi connectivity index (χ0) is 16.6. The van der Waals surface area contributed by atoms with Gasteiger partial charge < -0.3 is 14.7 Å². The Labute approximate surface area is 133 Å². The average molecular weight is 310 g/mol. The minimum Gasteiger partial charge on any atom is -0.346 e. The molecule has 0 aliphatic carbocycles. The van der Waals surface area contributed by atoms with Crippen LogP contribution < -0.4 is 10.9 Å². The molecule has 0 atom stereocenters. The van der Waals surface area contributed by atoms with Crippen molar-refractivity contribution in [2.24, 2.45) is 0 Å². The molecule has 0 saturated carbocycles. The maximum absolute atomic E-state index is 12.3. The molecule has 3 heterocycles. The maximum atomic E-state index is 12.3. The Hall–Kier alpha value is -2.89. The van der Waals surface area contributed by atoms with Crippen LogP contribution in [0.5, 0.6) is 0 Å². The lowest BCUT2D eigenvalue weighted by Crippen LogP contribution is -2.28. The summed E-state index contributed by atoms with van der Waals surface area (Å²) in [7, 11) is 0. The Bertz CT molecular complexity index is 953. The number of aryl methyl sites for hydroxylation is 3. The first-order valence-electron chi connectivity index (χ1n) is 7.37. The normalized spacial score (nSPS) is 10.9. The second kappa shape index (κ2) is 5.72. The molecule has 0 bridgehead atoms. The lowest BCUT2D eigenvalue weighted by Gasteiger charge is -2.07. The fourth-order valence-corrected chi connectivity index (χ4v) is 2.55. The van der Waals surface area contributed by atoms with Crippen molar-refractivity contribution >= 4 is 11.6 Å². The highest BCUT2D eigenvalue weighted by molar-refractivity contribution is 5.92. The van der Waals surface area contributed by atoms with Crippen LogP contribution in [0.3, 0.4) is 0 Å². The van der Waals surface area contributed by atoms with Crippen molar-refractivity contribution in [1.29, 1.82) is 0 Å². The smallest absolute Gasteiger partial charge is 0.271 e. The summed E-state index contributed by atoms with van der Waals surface area (Å²) < 4.78 is 1.80. The summed E-state index contributed by atoms with van der Waals surface area (Å²) in [6.45, 7) is 5.83. The standard InChI is InChI=1S/C17H18N4O2/c1-10-4-5-21-9-14(20-15(21)6-10)17(23)18-8-13-11(2)7-12(3)19-16(13)22/h4-7,9H,8H2,1-3H3,(H,18,23)(H,19,22). The number of aromatic amines is 1. The maximum Gasteiger partial charge on any atom is 0.271 e. The molecule has 3 rings (SSSR count). The topological polar surface area (TPSA) is 79.3 Å². The molecule has 0 aliphatic rings. The van der Waals surface area contributed by atoms with E-state index in [-0.39, 0.29) is 18.0 Å². The number of carbonyl (C=O) groups is 1. The summed E-state index contributed by atoms with van der Waals surface area (Å²) in [6, 6.07) is 5.74. The number of nitrogens with one attached hydrogen (secondary N) is 2. The summed E-state index contributed by atoms with van der Waals surface area (Å²) in [4.78, 5) is 31.3. The first kappa shape index (κ1) is 15.0. The second-order valence-electron chi connectivity index (χ2n) is 5.72. The Kier molecular flexibility index (Phi) is 3.73. The number of carbonyl (C=O) groups excluding carboxylic acids is 1. The number of amides is 1. The molecule has 0 aliphatic heterocycles. The first-order valence-corrected chi connectivity index (χ1v) is 7.37. The average Bonchev–Trinajstić information content (AvgIpc) is 2.88. The number of nitrogens with zero attached hydrogens (tertiary/aromatic N) is 2.